The Kier molecular flexibility index (Phi) is 6.00. The van der Waals surface area contributed by atoms with E-state index in [1.165, 1.54) is 0 Å². The maximum atomic E-state index is 12.2. The van der Waals surface area contributed by atoms with Gasteiger partial charge in [-0.25, -0.2) is 5.48 Å². The van der Waals surface area contributed by atoms with Crippen molar-refractivity contribution in [3.05, 3.63) is 59.9 Å². The fourth-order valence-corrected chi connectivity index (χ4v) is 2.94. The second-order valence-corrected chi connectivity index (χ2v) is 6.78. The van der Waals surface area contributed by atoms with Gasteiger partial charge >= 0.3 is 5.24 Å². The number of fused-ring (bicyclic) bond motifs is 1. The lowest BCUT2D eigenvalue weighted by Crippen LogP contribution is -2.27. The van der Waals surface area contributed by atoms with E-state index in [0.717, 1.165) is 22.7 Å². The van der Waals surface area contributed by atoms with Crippen LogP contribution in [-0.4, -0.2) is 29.5 Å². The van der Waals surface area contributed by atoms with E-state index >= 15 is 0 Å². The highest BCUT2D eigenvalue weighted by Gasteiger charge is 2.12. The number of amides is 2. The molecule has 0 unspecified atom stereocenters. The summed E-state index contributed by atoms with van der Waals surface area (Å²) in [5.74, 6) is 0.575. The van der Waals surface area contributed by atoms with Crippen molar-refractivity contribution >= 4 is 33.9 Å². The number of rotatable bonds is 6. The fraction of sp³-hybridized carbons (Fsp3) is 0.158. The third kappa shape index (κ3) is 5.02. The maximum absolute atomic E-state index is 12.2. The van der Waals surface area contributed by atoms with E-state index in [1.807, 2.05) is 25.1 Å². The molecule has 0 bridgehead atoms. The molecule has 0 saturated carbocycles. The van der Waals surface area contributed by atoms with Crippen molar-refractivity contribution in [1.29, 1.82) is 0 Å². The van der Waals surface area contributed by atoms with Crippen LogP contribution in [-0.2, 0) is 0 Å². The summed E-state index contributed by atoms with van der Waals surface area (Å²) in [4.78, 5) is 23.9. The molecule has 0 aliphatic rings. The molecule has 2 aromatic carbocycles. The quantitative estimate of drug-likeness (QED) is 0.258. The Hall–Kier alpha value is -2.97. The molecule has 1 aromatic heterocycles. The molecule has 3 N–H and O–H groups in total. The number of ether oxygens (including phenoxy) is 1. The highest BCUT2D eigenvalue weighted by atomic mass is 32.2. The zero-order valence-electron chi connectivity index (χ0n) is 14.5. The molecule has 3 rings (SSSR count). The van der Waals surface area contributed by atoms with Crippen LogP contribution < -0.4 is 15.5 Å². The normalized spacial score (nSPS) is 10.6. The highest BCUT2D eigenvalue weighted by molar-refractivity contribution is 8.13. The summed E-state index contributed by atoms with van der Waals surface area (Å²) in [5, 5.41) is 11.6. The molecule has 0 spiro atoms. The molecule has 3 aromatic rings. The molecular weight excluding hydrogens is 368 g/mol. The van der Waals surface area contributed by atoms with Crippen molar-refractivity contribution in [2.45, 2.75) is 11.8 Å². The molecule has 0 radical (unpaired) electrons. The van der Waals surface area contributed by atoms with E-state index in [1.54, 1.807) is 35.8 Å². The lowest BCUT2D eigenvalue weighted by atomic mass is 10.2. The summed E-state index contributed by atoms with van der Waals surface area (Å²) in [7, 11) is 0. The monoisotopic (exact) mass is 386 g/mol. The average molecular weight is 386 g/mol. The second kappa shape index (κ2) is 8.61. The molecule has 0 fully saturated rings. The summed E-state index contributed by atoms with van der Waals surface area (Å²) >= 11 is 0.862. The summed E-state index contributed by atoms with van der Waals surface area (Å²) < 4.78 is 11.1. The van der Waals surface area contributed by atoms with Crippen LogP contribution in [0.3, 0.4) is 0 Å². The lowest BCUT2D eigenvalue weighted by molar-refractivity contribution is 0.0921. The molecule has 7 nitrogen and oxygen atoms in total. The van der Waals surface area contributed by atoms with E-state index < -0.39 is 5.24 Å². The number of furan rings is 1. The first kappa shape index (κ1) is 18.8. The van der Waals surface area contributed by atoms with Crippen molar-refractivity contribution in [2.75, 3.05) is 13.2 Å². The van der Waals surface area contributed by atoms with Crippen LogP contribution in [0, 0.1) is 6.92 Å². The van der Waals surface area contributed by atoms with Crippen LogP contribution in [0.2, 0.25) is 0 Å². The molecule has 2 amide bonds. The second-order valence-electron chi connectivity index (χ2n) is 5.73. The van der Waals surface area contributed by atoms with Crippen molar-refractivity contribution in [1.82, 2.24) is 10.8 Å². The minimum absolute atomic E-state index is 0.263. The van der Waals surface area contributed by atoms with Gasteiger partial charge in [-0.2, -0.15) is 0 Å². The Bertz CT molecular complexity index is 952. The summed E-state index contributed by atoms with van der Waals surface area (Å²) in [6.45, 7) is 2.57. The number of aryl methyl sites for hydroxylation is 1. The number of carbonyl (C=O) groups excluding carboxylic acids is 2. The average Bonchev–Trinajstić information content (AvgIpc) is 3.09. The highest BCUT2D eigenvalue weighted by Crippen LogP contribution is 2.22. The zero-order valence-corrected chi connectivity index (χ0v) is 15.3. The number of carbonyl (C=O) groups is 2. The van der Waals surface area contributed by atoms with Crippen molar-refractivity contribution in [2.24, 2.45) is 0 Å². The van der Waals surface area contributed by atoms with Gasteiger partial charge in [0, 0.05) is 10.3 Å². The number of hydroxylamine groups is 1. The van der Waals surface area contributed by atoms with Crippen molar-refractivity contribution in [3.63, 3.8) is 0 Å². The van der Waals surface area contributed by atoms with Crippen LogP contribution in [0.4, 0.5) is 4.79 Å². The SMILES string of the molecule is Cc1ccc2cc(C(=O)NCCOc3ccc(SC(=O)NO)cc3)oc2c1. The summed E-state index contributed by atoms with van der Waals surface area (Å²) in [5.41, 5.74) is 3.30. The van der Waals surface area contributed by atoms with Gasteiger partial charge in [-0.05, 0) is 60.6 Å². The zero-order chi connectivity index (χ0) is 19.2. The molecule has 0 saturated heterocycles. The standard InChI is InChI=1S/C19H18N2O5S/c1-12-2-3-13-11-17(26-16(13)10-12)18(22)20-8-9-25-14-4-6-15(7-5-14)27-19(23)21-24/h2-7,10-11,24H,8-9H2,1H3,(H,20,22)(H,21,23). The third-order valence-corrected chi connectivity index (χ3v) is 4.47. The van der Waals surface area contributed by atoms with E-state index in [2.05, 4.69) is 5.32 Å². The Morgan fingerprint density at radius 1 is 1.15 bits per heavy atom. The Labute approximate surface area is 159 Å². The van der Waals surface area contributed by atoms with Crippen LogP contribution in [0.1, 0.15) is 16.1 Å². The largest absolute Gasteiger partial charge is 0.492 e. The minimum atomic E-state index is -0.563. The van der Waals surface area contributed by atoms with Gasteiger partial charge in [0.15, 0.2) is 5.76 Å². The van der Waals surface area contributed by atoms with Gasteiger partial charge in [0.05, 0.1) is 6.54 Å². The molecule has 140 valence electrons. The molecule has 0 aliphatic heterocycles. The summed E-state index contributed by atoms with van der Waals surface area (Å²) in [6.07, 6.45) is 0. The van der Waals surface area contributed by atoms with Gasteiger partial charge in [0.2, 0.25) is 0 Å². The van der Waals surface area contributed by atoms with Crippen molar-refractivity contribution in [3.8, 4) is 5.75 Å². The Balaban J connectivity index is 1.46. The van der Waals surface area contributed by atoms with Gasteiger partial charge in [0.1, 0.15) is 17.9 Å². The van der Waals surface area contributed by atoms with Gasteiger partial charge in [-0.3, -0.25) is 14.8 Å². The molecule has 0 atom stereocenters. The Morgan fingerprint density at radius 2 is 1.93 bits per heavy atom. The first-order valence-electron chi connectivity index (χ1n) is 8.18. The fourth-order valence-electron chi connectivity index (χ4n) is 2.40. The van der Waals surface area contributed by atoms with Crippen molar-refractivity contribution < 1.29 is 24.0 Å². The van der Waals surface area contributed by atoms with Gasteiger partial charge in [-0.15, -0.1) is 0 Å². The van der Waals surface area contributed by atoms with Crippen LogP contribution in [0.15, 0.2) is 57.8 Å². The number of hydrogen-bond acceptors (Lipinski definition) is 6. The number of benzene rings is 2. The topological polar surface area (TPSA) is 101 Å². The first-order valence-corrected chi connectivity index (χ1v) is 9.00. The summed E-state index contributed by atoms with van der Waals surface area (Å²) in [6, 6.07) is 14.3. The van der Waals surface area contributed by atoms with Gasteiger partial charge in [-0.1, -0.05) is 12.1 Å². The number of nitrogens with one attached hydrogen (secondary N) is 2. The van der Waals surface area contributed by atoms with E-state index in [9.17, 15) is 9.59 Å². The predicted molar refractivity (Wildman–Crippen MR) is 101 cm³/mol. The first-order chi connectivity index (χ1) is 13.0. The maximum Gasteiger partial charge on any atom is 0.307 e. The number of thioether (sulfide) groups is 1. The number of hydrogen-bond donors (Lipinski definition) is 3. The van der Waals surface area contributed by atoms with Gasteiger partial charge in [0.25, 0.3) is 5.91 Å². The molecular formula is C19H18N2O5S. The van der Waals surface area contributed by atoms with Crippen LogP contribution >= 0.6 is 11.8 Å². The predicted octanol–water partition coefficient (Wildman–Crippen LogP) is 3.74. The smallest absolute Gasteiger partial charge is 0.307 e. The third-order valence-electron chi connectivity index (χ3n) is 3.68. The van der Waals surface area contributed by atoms with Gasteiger partial charge < -0.3 is 14.5 Å². The Morgan fingerprint density at radius 3 is 2.67 bits per heavy atom. The molecule has 27 heavy (non-hydrogen) atoms. The van der Waals surface area contributed by atoms with Crippen LogP contribution in [0.5, 0.6) is 5.75 Å². The molecule has 8 heteroatoms. The molecule has 1 heterocycles. The van der Waals surface area contributed by atoms with E-state index in [0.29, 0.717) is 22.8 Å². The molecule has 0 aliphatic carbocycles. The minimum Gasteiger partial charge on any atom is -0.492 e. The van der Waals surface area contributed by atoms with E-state index in [4.69, 9.17) is 14.4 Å². The van der Waals surface area contributed by atoms with E-state index in [-0.39, 0.29) is 18.3 Å². The lowest BCUT2D eigenvalue weighted by Gasteiger charge is -2.07. The van der Waals surface area contributed by atoms with Crippen LogP contribution in [0.25, 0.3) is 11.0 Å².